The van der Waals surface area contributed by atoms with E-state index in [4.69, 9.17) is 0 Å². The highest BCUT2D eigenvalue weighted by molar-refractivity contribution is 9.10. The maximum Gasteiger partial charge on any atom is 0.263 e. The van der Waals surface area contributed by atoms with E-state index in [1.807, 2.05) is 30.3 Å². The first kappa shape index (κ1) is 17.4. The number of rotatable bonds is 5. The molecule has 0 radical (unpaired) electrons. The molecule has 2 heterocycles. The Hall–Kier alpha value is -2.38. The Morgan fingerprint density at radius 3 is 2.68 bits per heavy atom. The SMILES string of the molecule is Cc1ncc(Br)cc1C(=O)c1ncc(C(=O)NCc2ccccc2)s1. The van der Waals surface area contributed by atoms with Gasteiger partial charge in [0.15, 0.2) is 5.01 Å². The van der Waals surface area contributed by atoms with Gasteiger partial charge in [-0.05, 0) is 34.5 Å². The van der Waals surface area contributed by atoms with E-state index in [2.05, 4.69) is 31.2 Å². The first-order valence-electron chi connectivity index (χ1n) is 7.49. The summed E-state index contributed by atoms with van der Waals surface area (Å²) in [7, 11) is 0. The van der Waals surface area contributed by atoms with Crippen LogP contribution in [0.1, 0.15) is 36.3 Å². The van der Waals surface area contributed by atoms with E-state index < -0.39 is 0 Å². The molecular formula is C18H14BrN3O2S. The summed E-state index contributed by atoms with van der Waals surface area (Å²) in [5.41, 5.74) is 2.10. The summed E-state index contributed by atoms with van der Waals surface area (Å²) in [6.45, 7) is 2.19. The van der Waals surface area contributed by atoms with Crippen LogP contribution in [0.5, 0.6) is 0 Å². The average molecular weight is 416 g/mol. The molecule has 1 N–H and O–H groups in total. The lowest BCUT2D eigenvalue weighted by Gasteiger charge is -2.03. The van der Waals surface area contributed by atoms with Gasteiger partial charge in [0.2, 0.25) is 5.78 Å². The predicted octanol–water partition coefficient (Wildman–Crippen LogP) is 3.77. The van der Waals surface area contributed by atoms with Crippen molar-refractivity contribution in [1.29, 1.82) is 0 Å². The molecule has 7 heteroatoms. The van der Waals surface area contributed by atoms with Crippen molar-refractivity contribution < 1.29 is 9.59 Å². The van der Waals surface area contributed by atoms with Crippen LogP contribution < -0.4 is 5.32 Å². The van der Waals surface area contributed by atoms with Gasteiger partial charge in [-0.1, -0.05) is 30.3 Å². The number of benzene rings is 1. The summed E-state index contributed by atoms with van der Waals surface area (Å²) < 4.78 is 0.721. The van der Waals surface area contributed by atoms with Crippen LogP contribution in [0.25, 0.3) is 0 Å². The molecule has 0 atom stereocenters. The monoisotopic (exact) mass is 415 g/mol. The van der Waals surface area contributed by atoms with Gasteiger partial charge in [0.25, 0.3) is 5.91 Å². The molecule has 1 amide bonds. The fourth-order valence-corrected chi connectivity index (χ4v) is 3.32. The lowest BCUT2D eigenvalue weighted by molar-refractivity contribution is 0.0954. The Bertz CT molecular complexity index is 925. The molecule has 1 aromatic carbocycles. The summed E-state index contributed by atoms with van der Waals surface area (Å²) in [6.07, 6.45) is 3.06. The van der Waals surface area contributed by atoms with Gasteiger partial charge < -0.3 is 5.32 Å². The van der Waals surface area contributed by atoms with Crippen LogP contribution in [0.3, 0.4) is 0 Å². The number of nitrogens with one attached hydrogen (secondary N) is 1. The minimum Gasteiger partial charge on any atom is -0.347 e. The van der Waals surface area contributed by atoms with Crippen molar-refractivity contribution in [1.82, 2.24) is 15.3 Å². The Balaban J connectivity index is 1.72. The predicted molar refractivity (Wildman–Crippen MR) is 99.8 cm³/mol. The van der Waals surface area contributed by atoms with E-state index in [-0.39, 0.29) is 16.7 Å². The van der Waals surface area contributed by atoms with E-state index >= 15 is 0 Å². The van der Waals surface area contributed by atoms with Crippen LogP contribution in [0.15, 0.2) is 53.3 Å². The highest BCUT2D eigenvalue weighted by Gasteiger charge is 2.19. The third kappa shape index (κ3) is 4.18. The number of carbonyl (C=O) groups excluding carboxylic acids is 2. The van der Waals surface area contributed by atoms with E-state index in [9.17, 15) is 9.59 Å². The van der Waals surface area contributed by atoms with Gasteiger partial charge in [0.05, 0.1) is 6.20 Å². The second kappa shape index (κ2) is 7.67. The van der Waals surface area contributed by atoms with Gasteiger partial charge in [0.1, 0.15) is 4.88 Å². The van der Waals surface area contributed by atoms with Crippen LogP contribution in [0.2, 0.25) is 0 Å². The van der Waals surface area contributed by atoms with E-state index in [1.165, 1.54) is 6.20 Å². The highest BCUT2D eigenvalue weighted by Crippen LogP contribution is 2.21. The Morgan fingerprint density at radius 1 is 1.16 bits per heavy atom. The third-order valence-electron chi connectivity index (χ3n) is 3.52. The molecule has 0 saturated carbocycles. The normalized spacial score (nSPS) is 10.5. The molecule has 3 aromatic rings. The number of halogens is 1. The van der Waals surface area contributed by atoms with Gasteiger partial charge >= 0.3 is 0 Å². The number of ketones is 1. The largest absolute Gasteiger partial charge is 0.347 e. The molecule has 126 valence electrons. The Labute approximate surface area is 157 Å². The fourth-order valence-electron chi connectivity index (χ4n) is 2.20. The zero-order valence-electron chi connectivity index (χ0n) is 13.3. The summed E-state index contributed by atoms with van der Waals surface area (Å²) in [5, 5.41) is 3.10. The number of carbonyl (C=O) groups is 2. The minimum absolute atomic E-state index is 0.238. The molecule has 0 saturated heterocycles. The molecule has 0 spiro atoms. The standard InChI is InChI=1S/C18H14BrN3O2S/c1-11-14(7-13(19)9-20-11)16(23)18-22-10-15(25-18)17(24)21-8-12-5-3-2-4-6-12/h2-7,9-10H,8H2,1H3,(H,21,24). The summed E-state index contributed by atoms with van der Waals surface area (Å²) in [6, 6.07) is 11.3. The number of nitrogens with zero attached hydrogens (tertiary/aromatic N) is 2. The molecule has 3 rings (SSSR count). The fraction of sp³-hybridized carbons (Fsp3) is 0.111. The highest BCUT2D eigenvalue weighted by atomic mass is 79.9. The molecule has 0 aliphatic rings. The van der Waals surface area contributed by atoms with Gasteiger partial charge in [0, 0.05) is 28.5 Å². The lowest BCUT2D eigenvalue weighted by atomic mass is 10.1. The van der Waals surface area contributed by atoms with E-state index in [0.29, 0.717) is 22.7 Å². The lowest BCUT2D eigenvalue weighted by Crippen LogP contribution is -2.21. The van der Waals surface area contributed by atoms with Crippen molar-refractivity contribution in [3.8, 4) is 0 Å². The minimum atomic E-state index is -0.246. The van der Waals surface area contributed by atoms with Crippen LogP contribution in [0, 0.1) is 6.92 Å². The zero-order valence-corrected chi connectivity index (χ0v) is 15.7. The van der Waals surface area contributed by atoms with Crippen LogP contribution >= 0.6 is 27.3 Å². The van der Waals surface area contributed by atoms with Crippen LogP contribution in [-0.2, 0) is 6.54 Å². The number of hydrogen-bond donors (Lipinski definition) is 1. The molecule has 0 aliphatic carbocycles. The number of aryl methyl sites for hydroxylation is 1. The smallest absolute Gasteiger partial charge is 0.263 e. The van der Waals surface area contributed by atoms with Crippen molar-refractivity contribution in [2.24, 2.45) is 0 Å². The second-order valence-electron chi connectivity index (χ2n) is 5.31. The average Bonchev–Trinajstić information content (AvgIpc) is 3.12. The number of hydrogen-bond acceptors (Lipinski definition) is 5. The van der Waals surface area contributed by atoms with E-state index in [1.54, 1.807) is 19.2 Å². The number of thiazole rings is 1. The molecule has 25 heavy (non-hydrogen) atoms. The van der Waals surface area contributed by atoms with Crippen molar-refractivity contribution in [3.63, 3.8) is 0 Å². The molecule has 0 fully saturated rings. The van der Waals surface area contributed by atoms with Crippen molar-refractivity contribution in [3.05, 3.63) is 80.0 Å². The summed E-state index contributed by atoms with van der Waals surface area (Å²) in [4.78, 5) is 33.5. The Morgan fingerprint density at radius 2 is 1.92 bits per heavy atom. The van der Waals surface area contributed by atoms with Crippen LogP contribution in [-0.4, -0.2) is 21.7 Å². The van der Waals surface area contributed by atoms with Crippen molar-refractivity contribution in [2.45, 2.75) is 13.5 Å². The number of pyridine rings is 1. The topological polar surface area (TPSA) is 72.0 Å². The first-order chi connectivity index (χ1) is 12.0. The molecule has 0 aliphatic heterocycles. The Kier molecular flexibility index (Phi) is 5.35. The van der Waals surface area contributed by atoms with Gasteiger partial charge in [-0.15, -0.1) is 11.3 Å². The summed E-state index contributed by atoms with van der Waals surface area (Å²) >= 11 is 4.39. The molecule has 2 aromatic heterocycles. The van der Waals surface area contributed by atoms with Crippen LogP contribution in [0.4, 0.5) is 0 Å². The summed E-state index contributed by atoms with van der Waals surface area (Å²) in [5.74, 6) is -0.483. The van der Waals surface area contributed by atoms with Crippen molar-refractivity contribution in [2.75, 3.05) is 0 Å². The first-order valence-corrected chi connectivity index (χ1v) is 9.10. The maximum atomic E-state index is 12.6. The quantitative estimate of drug-likeness (QED) is 0.643. The second-order valence-corrected chi connectivity index (χ2v) is 7.26. The number of amides is 1. The van der Waals surface area contributed by atoms with Gasteiger partial charge in [-0.2, -0.15) is 0 Å². The van der Waals surface area contributed by atoms with E-state index in [0.717, 1.165) is 21.4 Å². The zero-order chi connectivity index (χ0) is 17.8. The van der Waals surface area contributed by atoms with Gasteiger partial charge in [-0.25, -0.2) is 4.98 Å². The van der Waals surface area contributed by atoms with Crippen molar-refractivity contribution >= 4 is 39.0 Å². The molecule has 0 bridgehead atoms. The molecular weight excluding hydrogens is 402 g/mol. The molecule has 5 nitrogen and oxygen atoms in total. The van der Waals surface area contributed by atoms with Gasteiger partial charge in [-0.3, -0.25) is 14.6 Å². The number of aromatic nitrogens is 2. The molecule has 0 unspecified atom stereocenters. The maximum absolute atomic E-state index is 12.6. The third-order valence-corrected chi connectivity index (χ3v) is 4.95.